The van der Waals surface area contributed by atoms with Gasteiger partial charge in [0.05, 0.1) is 53.7 Å². The summed E-state index contributed by atoms with van der Waals surface area (Å²) in [7, 11) is 0.420. The Labute approximate surface area is 217 Å². The highest BCUT2D eigenvalue weighted by Crippen LogP contribution is 2.36. The van der Waals surface area contributed by atoms with Crippen LogP contribution in [-0.4, -0.2) is 50.4 Å². The van der Waals surface area contributed by atoms with E-state index in [0.717, 1.165) is 15.7 Å². The fraction of sp³-hybridized carbons (Fsp3) is 0.167. The van der Waals surface area contributed by atoms with Crippen molar-refractivity contribution in [1.29, 1.82) is 0 Å². The molecule has 12 heteroatoms. The van der Waals surface area contributed by atoms with Crippen molar-refractivity contribution in [2.75, 3.05) is 32.4 Å². The predicted octanol–water partition coefficient (Wildman–Crippen LogP) is 4.68. The third-order valence-electron chi connectivity index (χ3n) is 5.17. The standard InChI is InChI=1S/C24H22ClN3O6S2/c1-32-15-8-10-16(11-9-15)36(30,31)28-20-7-5-4-6-18(20)27-24(28)35-14-23(29)26-19-12-17(25)21(33-2)13-22(19)34-3/h4-13H,14H2,1-3H3,(H,26,29). The molecule has 0 bridgehead atoms. The quantitative estimate of drug-likeness (QED) is 0.301. The second-order valence-electron chi connectivity index (χ2n) is 7.35. The molecule has 188 valence electrons. The number of anilines is 1. The van der Waals surface area contributed by atoms with E-state index in [0.29, 0.717) is 39.0 Å². The van der Waals surface area contributed by atoms with Gasteiger partial charge in [-0.3, -0.25) is 4.79 Å². The molecular weight excluding hydrogens is 526 g/mol. The first-order chi connectivity index (χ1) is 17.3. The molecule has 1 aromatic heterocycles. The van der Waals surface area contributed by atoms with Crippen molar-refractivity contribution in [3.63, 3.8) is 0 Å². The van der Waals surface area contributed by atoms with Crippen molar-refractivity contribution in [2.45, 2.75) is 10.1 Å². The number of imidazole rings is 1. The van der Waals surface area contributed by atoms with Gasteiger partial charge in [0.25, 0.3) is 10.0 Å². The lowest BCUT2D eigenvalue weighted by Crippen LogP contribution is -2.17. The Morgan fingerprint density at radius 1 is 1.00 bits per heavy atom. The van der Waals surface area contributed by atoms with Crippen LogP contribution in [0.25, 0.3) is 11.0 Å². The molecule has 1 N–H and O–H groups in total. The van der Waals surface area contributed by atoms with E-state index in [2.05, 4.69) is 10.3 Å². The normalized spacial score (nSPS) is 11.3. The first-order valence-electron chi connectivity index (χ1n) is 10.5. The van der Waals surface area contributed by atoms with Crippen LogP contribution in [0.5, 0.6) is 17.2 Å². The fourth-order valence-corrected chi connectivity index (χ4v) is 6.19. The molecule has 3 aromatic carbocycles. The first kappa shape index (κ1) is 25.7. The smallest absolute Gasteiger partial charge is 0.270 e. The van der Waals surface area contributed by atoms with Crippen LogP contribution < -0.4 is 19.5 Å². The van der Waals surface area contributed by atoms with Crippen LogP contribution in [0.2, 0.25) is 5.02 Å². The number of hydrogen-bond acceptors (Lipinski definition) is 8. The van der Waals surface area contributed by atoms with Crippen molar-refractivity contribution in [1.82, 2.24) is 8.96 Å². The number of carbonyl (C=O) groups is 1. The average Bonchev–Trinajstić information content (AvgIpc) is 3.27. The third-order valence-corrected chi connectivity index (χ3v) is 8.24. The molecular formula is C24H22ClN3O6S2. The van der Waals surface area contributed by atoms with Crippen LogP contribution in [0.3, 0.4) is 0 Å². The van der Waals surface area contributed by atoms with E-state index in [4.69, 9.17) is 25.8 Å². The van der Waals surface area contributed by atoms with Crippen LogP contribution in [0.15, 0.2) is 70.7 Å². The number of aromatic nitrogens is 2. The number of nitrogens with zero attached hydrogens (tertiary/aromatic N) is 2. The van der Waals surface area contributed by atoms with E-state index in [1.54, 1.807) is 42.5 Å². The molecule has 4 aromatic rings. The minimum atomic E-state index is -4.01. The summed E-state index contributed by atoms with van der Waals surface area (Å²) in [4.78, 5) is 17.3. The molecule has 36 heavy (non-hydrogen) atoms. The topological polar surface area (TPSA) is 109 Å². The van der Waals surface area contributed by atoms with E-state index < -0.39 is 15.9 Å². The van der Waals surface area contributed by atoms with E-state index in [1.165, 1.54) is 39.5 Å². The number of hydrogen-bond donors (Lipinski definition) is 1. The van der Waals surface area contributed by atoms with Gasteiger partial charge in [-0.1, -0.05) is 35.5 Å². The maximum absolute atomic E-state index is 13.6. The van der Waals surface area contributed by atoms with E-state index >= 15 is 0 Å². The van der Waals surface area contributed by atoms with Crippen LogP contribution >= 0.6 is 23.4 Å². The number of ether oxygens (including phenoxy) is 3. The van der Waals surface area contributed by atoms with Crippen molar-refractivity contribution in [2.24, 2.45) is 0 Å². The van der Waals surface area contributed by atoms with Crippen molar-refractivity contribution < 1.29 is 27.4 Å². The zero-order chi connectivity index (χ0) is 25.9. The van der Waals surface area contributed by atoms with Crippen molar-refractivity contribution in [3.05, 3.63) is 65.7 Å². The van der Waals surface area contributed by atoms with Gasteiger partial charge in [0.2, 0.25) is 5.91 Å². The molecule has 4 rings (SSSR count). The maximum atomic E-state index is 13.6. The minimum absolute atomic E-state index is 0.0652. The third kappa shape index (κ3) is 5.08. The van der Waals surface area contributed by atoms with Gasteiger partial charge in [-0.2, -0.15) is 0 Å². The van der Waals surface area contributed by atoms with Gasteiger partial charge >= 0.3 is 0 Å². The van der Waals surface area contributed by atoms with Crippen LogP contribution in [-0.2, 0) is 14.8 Å². The summed E-state index contributed by atoms with van der Waals surface area (Å²) in [5, 5.41) is 3.19. The van der Waals surface area contributed by atoms with Gasteiger partial charge in [0.15, 0.2) is 5.16 Å². The molecule has 0 aliphatic rings. The lowest BCUT2D eigenvalue weighted by molar-refractivity contribution is -0.113. The number of methoxy groups -OCH3 is 3. The molecule has 0 atom stereocenters. The molecule has 0 radical (unpaired) electrons. The molecule has 0 saturated carbocycles. The SMILES string of the molecule is COc1ccc(S(=O)(=O)n2c(SCC(=O)Nc3cc(Cl)c(OC)cc3OC)nc3ccccc32)cc1. The Bertz CT molecular complexity index is 1520. The van der Waals surface area contributed by atoms with E-state index in [1.807, 2.05) is 0 Å². The summed E-state index contributed by atoms with van der Waals surface area (Å²) >= 11 is 7.18. The van der Waals surface area contributed by atoms with Gasteiger partial charge in [-0.05, 0) is 42.5 Å². The van der Waals surface area contributed by atoms with Crippen LogP contribution in [0.4, 0.5) is 5.69 Å². The number of amides is 1. The summed E-state index contributed by atoms with van der Waals surface area (Å²) < 4.78 is 43.9. The maximum Gasteiger partial charge on any atom is 0.270 e. The summed E-state index contributed by atoms with van der Waals surface area (Å²) in [6.45, 7) is 0. The highest BCUT2D eigenvalue weighted by Gasteiger charge is 2.25. The Balaban J connectivity index is 1.63. The number of halogens is 1. The Morgan fingerprint density at radius 2 is 1.69 bits per heavy atom. The second-order valence-corrected chi connectivity index (χ2v) is 10.5. The number of para-hydroxylation sites is 2. The summed E-state index contributed by atoms with van der Waals surface area (Å²) in [5.74, 6) is 0.779. The number of rotatable bonds is 9. The molecule has 0 saturated heterocycles. The Hall–Kier alpha value is -3.41. The van der Waals surface area contributed by atoms with Crippen molar-refractivity contribution >= 4 is 56.0 Å². The molecule has 0 aliphatic carbocycles. The molecule has 0 unspecified atom stereocenters. The highest BCUT2D eigenvalue weighted by molar-refractivity contribution is 8.00. The molecule has 1 heterocycles. The number of fused-ring (bicyclic) bond motifs is 1. The Kier molecular flexibility index (Phi) is 7.62. The zero-order valence-electron chi connectivity index (χ0n) is 19.5. The van der Waals surface area contributed by atoms with Gasteiger partial charge in [0, 0.05) is 6.07 Å². The summed E-state index contributed by atoms with van der Waals surface area (Å²) in [5.41, 5.74) is 1.24. The van der Waals surface area contributed by atoms with E-state index in [9.17, 15) is 13.2 Å². The number of thioether (sulfide) groups is 1. The van der Waals surface area contributed by atoms with E-state index in [-0.39, 0.29) is 15.8 Å². The molecule has 0 aliphatic heterocycles. The Morgan fingerprint density at radius 3 is 2.36 bits per heavy atom. The minimum Gasteiger partial charge on any atom is -0.497 e. The highest BCUT2D eigenvalue weighted by atomic mass is 35.5. The summed E-state index contributed by atoms with van der Waals surface area (Å²) in [6.07, 6.45) is 0. The zero-order valence-corrected chi connectivity index (χ0v) is 21.9. The lowest BCUT2D eigenvalue weighted by Gasteiger charge is -2.13. The monoisotopic (exact) mass is 547 g/mol. The van der Waals surface area contributed by atoms with Gasteiger partial charge < -0.3 is 19.5 Å². The molecule has 1 amide bonds. The number of carbonyl (C=O) groups excluding carboxylic acids is 1. The molecule has 0 spiro atoms. The first-order valence-corrected chi connectivity index (χ1v) is 13.3. The van der Waals surface area contributed by atoms with Crippen LogP contribution in [0, 0.1) is 0 Å². The molecule has 0 fully saturated rings. The fourth-order valence-electron chi connectivity index (χ4n) is 3.43. The predicted molar refractivity (Wildman–Crippen MR) is 139 cm³/mol. The number of nitrogens with one attached hydrogen (secondary N) is 1. The molecule has 9 nitrogen and oxygen atoms in total. The van der Waals surface area contributed by atoms with Crippen LogP contribution in [0.1, 0.15) is 0 Å². The van der Waals surface area contributed by atoms with Gasteiger partial charge in [-0.15, -0.1) is 0 Å². The van der Waals surface area contributed by atoms with Gasteiger partial charge in [0.1, 0.15) is 17.2 Å². The lowest BCUT2D eigenvalue weighted by atomic mass is 10.2. The average molecular weight is 548 g/mol. The largest absolute Gasteiger partial charge is 0.497 e. The second kappa shape index (κ2) is 10.7. The van der Waals surface area contributed by atoms with Crippen molar-refractivity contribution in [3.8, 4) is 17.2 Å². The van der Waals surface area contributed by atoms with Gasteiger partial charge in [-0.25, -0.2) is 17.4 Å². The summed E-state index contributed by atoms with van der Waals surface area (Å²) in [6, 6.07) is 16.0. The number of benzene rings is 3.